The number of aliphatic hydroxyl groups is 1. The fraction of sp³-hybridized carbons (Fsp3) is 0.933. The molecule has 10 nitrogen and oxygen atoms in total. The number of rotatable bonds is 19. The minimum absolute atomic E-state index is 0. The van der Waals surface area contributed by atoms with Crippen molar-refractivity contribution in [3.05, 3.63) is 0 Å². The molecule has 5 unspecified atom stereocenters. The summed E-state index contributed by atoms with van der Waals surface area (Å²) in [4.78, 5) is 37.0. The topological polar surface area (TPSA) is 133 Å². The molecule has 0 aromatic carbocycles. The number of carbonyl (C=O) groups excluding carboxylic acids is 2. The van der Waals surface area contributed by atoms with Crippen LogP contribution in [0.1, 0.15) is 80.7 Å². The van der Waals surface area contributed by atoms with Gasteiger partial charge in [0, 0.05) is 23.3 Å². The molecular formula is C30H84O10PS2Si5. The molecule has 0 saturated carbocycles. The lowest BCUT2D eigenvalue weighted by Gasteiger charge is -2.42. The van der Waals surface area contributed by atoms with Crippen LogP contribution in [0.15, 0.2) is 0 Å². The average molecular weight is 841 g/mol. The molecule has 0 saturated heterocycles. The van der Waals surface area contributed by atoms with Crippen LogP contribution in [0.4, 0.5) is 0 Å². The molecule has 0 aromatic rings. The van der Waals surface area contributed by atoms with E-state index in [0.29, 0.717) is 12.1 Å². The van der Waals surface area contributed by atoms with Crippen molar-refractivity contribution in [2.24, 2.45) is 11.8 Å². The van der Waals surface area contributed by atoms with Gasteiger partial charge in [0.05, 0.1) is 18.4 Å². The van der Waals surface area contributed by atoms with Gasteiger partial charge in [-0.15, -0.1) is 0 Å². The van der Waals surface area contributed by atoms with Gasteiger partial charge in [-0.2, -0.15) is 0 Å². The Morgan fingerprint density at radius 1 is 0.729 bits per heavy atom. The maximum atomic E-state index is 12.8. The van der Waals surface area contributed by atoms with Crippen molar-refractivity contribution in [1.82, 2.24) is 0 Å². The molecule has 1 radical (unpaired) electrons. The highest BCUT2D eigenvalue weighted by molar-refractivity contribution is 8.33. The Balaban J connectivity index is -0.000000201. The second-order valence-corrected chi connectivity index (χ2v) is 34.1. The Hall–Kier alpha value is 0.524. The lowest BCUT2D eigenvalue weighted by atomic mass is 10.2. The molecule has 301 valence electrons. The minimum atomic E-state index is -3.14. The zero-order chi connectivity index (χ0) is 30.7. The number of esters is 2. The lowest BCUT2D eigenvalue weighted by Crippen LogP contribution is -2.59. The van der Waals surface area contributed by atoms with Crippen molar-refractivity contribution in [2.75, 3.05) is 26.0 Å². The van der Waals surface area contributed by atoms with Crippen molar-refractivity contribution >= 4 is 82.6 Å². The maximum absolute atomic E-state index is 12.8. The molecule has 0 heterocycles. The maximum Gasteiger partial charge on any atom is 0.360 e. The summed E-state index contributed by atoms with van der Waals surface area (Å²) in [6.07, 6.45) is 0.203. The van der Waals surface area contributed by atoms with Gasteiger partial charge >= 0.3 is 38.3 Å². The van der Waals surface area contributed by atoms with Gasteiger partial charge in [-0.25, -0.2) is 0 Å². The van der Waals surface area contributed by atoms with E-state index in [9.17, 15) is 14.5 Å². The van der Waals surface area contributed by atoms with Crippen molar-refractivity contribution in [1.29, 1.82) is 0 Å². The SMILES string of the molecule is C.C.C.C.C.C.C.C.C.CC(C[Si](C)(O[Si](C)O[Si](C)(C)C)O[Si](C)(CC(C)C(=O)OCCO)O[Si](C)(C)C)C(=O)OCC[P+]([O-])=S=S. The molecule has 0 aliphatic carbocycles. The van der Waals surface area contributed by atoms with Crippen molar-refractivity contribution in [2.45, 2.75) is 152 Å². The quantitative estimate of drug-likeness (QED) is 0.0758. The first-order valence-corrected chi connectivity index (χ1v) is 30.4. The smallest absolute Gasteiger partial charge is 0.360 e. The van der Waals surface area contributed by atoms with Crippen LogP contribution >= 0.6 is 6.92 Å². The fourth-order valence-corrected chi connectivity index (χ4v) is 25.7. The normalized spacial score (nSPS) is 14.2. The standard InChI is InChI=1S/C21H48O10PS2Si5.9CH4/c1-18(21(24)27-14-15-32(25)34-33)16-38(10,29-35(3)28-36(4,5)6)31-39(11,30-37(7,8)9)17-19(2)20(23)26-13-12-22;;;;;;;;;/h18-19,22H,12-17H2,1-11H3;9*1H4. The summed E-state index contributed by atoms with van der Waals surface area (Å²) in [6, 6.07) is 0.630. The number of aliphatic hydroxyl groups excluding tert-OH is 1. The number of hydrogen-bond donors (Lipinski definition) is 1. The Labute approximate surface area is 316 Å². The van der Waals surface area contributed by atoms with Crippen LogP contribution in [0.2, 0.25) is 71.0 Å². The highest BCUT2D eigenvalue weighted by Crippen LogP contribution is 2.32. The predicted octanol–water partition coefficient (Wildman–Crippen LogP) is 9.28. The molecule has 18 heteroatoms. The summed E-state index contributed by atoms with van der Waals surface area (Å²) in [5, 5.41) is 9.03. The van der Waals surface area contributed by atoms with Crippen molar-refractivity contribution in [3.63, 3.8) is 0 Å². The third-order valence-electron chi connectivity index (χ3n) is 4.86. The van der Waals surface area contributed by atoms with Crippen molar-refractivity contribution in [3.8, 4) is 0 Å². The summed E-state index contributed by atoms with van der Waals surface area (Å²) in [5.41, 5.74) is 0. The molecule has 5 atom stereocenters. The van der Waals surface area contributed by atoms with Gasteiger partial charge in [0.15, 0.2) is 16.6 Å². The Bertz CT molecular complexity index is 863. The van der Waals surface area contributed by atoms with E-state index >= 15 is 0 Å². The first-order chi connectivity index (χ1) is 17.6. The molecule has 0 fully saturated rings. The number of ether oxygens (including phenoxy) is 2. The van der Waals surface area contributed by atoms with Crippen LogP contribution in [0.5, 0.6) is 0 Å². The summed E-state index contributed by atoms with van der Waals surface area (Å²) in [7, 11) is -11.1. The second kappa shape index (κ2) is 33.4. The molecule has 0 spiro atoms. The predicted molar refractivity (Wildman–Crippen MR) is 230 cm³/mol. The number of hydrogen-bond acceptors (Lipinski definition) is 11. The molecule has 0 aliphatic heterocycles. The Kier molecular flexibility index (Phi) is 51.3. The summed E-state index contributed by atoms with van der Waals surface area (Å²) in [6.45, 7) is 19.8. The van der Waals surface area contributed by atoms with Crippen LogP contribution in [-0.4, -0.2) is 86.1 Å². The summed E-state index contributed by atoms with van der Waals surface area (Å²) in [5.74, 6) is -1.91. The lowest BCUT2D eigenvalue weighted by molar-refractivity contribution is -0.154. The first-order valence-electron chi connectivity index (χ1n) is 12.9. The van der Waals surface area contributed by atoms with E-state index in [-0.39, 0.29) is 92.8 Å². The molecule has 0 rings (SSSR count). The molecular weight excluding hydrogens is 756 g/mol. The van der Waals surface area contributed by atoms with Crippen LogP contribution in [0, 0.1) is 11.8 Å². The molecule has 1 N–H and O–H groups in total. The van der Waals surface area contributed by atoms with Crippen LogP contribution in [-0.2, 0) is 56.2 Å². The van der Waals surface area contributed by atoms with Crippen LogP contribution in [0.3, 0.4) is 0 Å². The van der Waals surface area contributed by atoms with Gasteiger partial charge < -0.3 is 35.9 Å². The molecule has 48 heavy (non-hydrogen) atoms. The zero-order valence-corrected chi connectivity index (χ0v) is 32.8. The van der Waals surface area contributed by atoms with Gasteiger partial charge in [-0.3, -0.25) is 9.59 Å². The highest BCUT2D eigenvalue weighted by atomic mass is 32.9. The zero-order valence-electron chi connectivity index (χ0n) is 25.3. The third-order valence-corrected chi connectivity index (χ3v) is 24.9. The van der Waals surface area contributed by atoms with Crippen LogP contribution < -0.4 is 4.89 Å². The summed E-state index contributed by atoms with van der Waals surface area (Å²) >= 11 is 4.72. The van der Waals surface area contributed by atoms with E-state index < -0.39 is 73.7 Å². The van der Waals surface area contributed by atoms with E-state index in [2.05, 4.69) is 39.3 Å². The fourth-order valence-electron chi connectivity index (χ4n) is 4.04. The monoisotopic (exact) mass is 839 g/mol. The first kappa shape index (κ1) is 73.8. The number of carbonyl (C=O) groups is 2. The van der Waals surface area contributed by atoms with Gasteiger partial charge in [0.25, 0.3) is 0 Å². The van der Waals surface area contributed by atoms with E-state index in [1.54, 1.807) is 13.8 Å². The molecule has 0 aliphatic rings. The van der Waals surface area contributed by atoms with E-state index in [1.165, 1.54) is 0 Å². The minimum Gasteiger partial charge on any atom is -0.620 e. The van der Waals surface area contributed by atoms with E-state index in [4.69, 9.17) is 42.2 Å². The van der Waals surface area contributed by atoms with Gasteiger partial charge in [0.2, 0.25) is 0 Å². The van der Waals surface area contributed by atoms with Gasteiger partial charge in [-0.1, -0.05) is 80.7 Å². The van der Waals surface area contributed by atoms with Gasteiger partial charge in [0.1, 0.15) is 35.8 Å². The van der Waals surface area contributed by atoms with Gasteiger partial charge in [-0.05, 0) is 58.9 Å². The van der Waals surface area contributed by atoms with Crippen molar-refractivity contribution < 1.29 is 45.5 Å². The van der Waals surface area contributed by atoms with E-state index in [0.717, 1.165) is 9.50 Å². The van der Waals surface area contributed by atoms with E-state index in [1.807, 2.05) is 19.6 Å². The Morgan fingerprint density at radius 2 is 1.12 bits per heavy atom. The molecule has 0 amide bonds. The largest absolute Gasteiger partial charge is 0.620 e. The third kappa shape index (κ3) is 35.0. The summed E-state index contributed by atoms with van der Waals surface area (Å²) < 4.78 is 36.9. The molecule has 0 aromatic heterocycles. The molecule has 0 bridgehead atoms. The average Bonchev–Trinajstić information content (AvgIpc) is 2.73. The van der Waals surface area contributed by atoms with Crippen LogP contribution in [0.25, 0.3) is 0 Å². The second-order valence-electron chi connectivity index (χ2n) is 11.8. The highest BCUT2D eigenvalue weighted by Gasteiger charge is 2.49. The Morgan fingerprint density at radius 3 is 1.48 bits per heavy atom.